The normalized spacial score (nSPS) is 19.8. The van der Waals surface area contributed by atoms with Gasteiger partial charge in [-0.2, -0.15) is 46.7 Å². The van der Waals surface area contributed by atoms with E-state index in [0.29, 0.717) is 75.9 Å². The van der Waals surface area contributed by atoms with E-state index in [1.54, 1.807) is 29.2 Å². The molecule has 2 saturated heterocycles. The van der Waals surface area contributed by atoms with Crippen molar-refractivity contribution in [2.75, 3.05) is 73.0 Å². The first kappa shape index (κ1) is 35.8. The highest BCUT2D eigenvalue weighted by atomic mass is 35.5. The number of hydrogen-bond donors (Lipinski definition) is 4. The van der Waals surface area contributed by atoms with E-state index in [9.17, 15) is 25.9 Å². The number of allylic oxidation sites excluding steroid dienone is 3. The van der Waals surface area contributed by atoms with Crippen molar-refractivity contribution in [3.05, 3.63) is 70.4 Å². The fourth-order valence-corrected chi connectivity index (χ4v) is 8.29. The minimum absolute atomic E-state index is 0.00693. The molecule has 1 aliphatic carbocycles. The van der Waals surface area contributed by atoms with Crippen LogP contribution in [0.3, 0.4) is 0 Å². The van der Waals surface area contributed by atoms with Gasteiger partial charge in [0, 0.05) is 43.5 Å². The van der Waals surface area contributed by atoms with Crippen molar-refractivity contribution >= 4 is 79.0 Å². The number of nitrogens with zero attached hydrogens (tertiary/aromatic N) is 8. The zero-order valence-corrected chi connectivity index (χ0v) is 29.1. The molecular weight excluding hydrogens is 739 g/mol. The highest BCUT2D eigenvalue weighted by Crippen LogP contribution is 2.40. The third-order valence-corrected chi connectivity index (χ3v) is 11.8. The van der Waals surface area contributed by atoms with Gasteiger partial charge >= 0.3 is 0 Å². The first-order chi connectivity index (χ1) is 23.8. The number of morpholine rings is 2. The van der Waals surface area contributed by atoms with Crippen molar-refractivity contribution < 1.29 is 35.4 Å². The number of benzene rings is 1. The van der Waals surface area contributed by atoms with Crippen LogP contribution in [0.5, 0.6) is 0 Å². The van der Waals surface area contributed by atoms with Crippen LogP contribution in [0.2, 0.25) is 10.6 Å². The summed E-state index contributed by atoms with van der Waals surface area (Å²) in [5, 5.41) is 5.58. The van der Waals surface area contributed by atoms with Crippen molar-refractivity contribution in [3.8, 4) is 0 Å². The molecule has 1 unspecified atom stereocenters. The highest BCUT2D eigenvalue weighted by Gasteiger charge is 2.58. The second-order valence-corrected chi connectivity index (χ2v) is 15.2. The largest absolute Gasteiger partial charge is 0.378 e. The van der Waals surface area contributed by atoms with E-state index in [0.717, 1.165) is 0 Å². The van der Waals surface area contributed by atoms with Crippen LogP contribution < -0.4 is 20.4 Å². The Morgan fingerprint density at radius 1 is 0.760 bits per heavy atom. The number of hydrogen-bond acceptors (Lipinski definition) is 16. The van der Waals surface area contributed by atoms with E-state index in [1.807, 2.05) is 4.90 Å². The van der Waals surface area contributed by atoms with Gasteiger partial charge in [-0.25, -0.2) is 0 Å². The summed E-state index contributed by atoms with van der Waals surface area (Å²) < 4.78 is 79.3. The topological polar surface area (TPSA) is 235 Å². The molecule has 3 aliphatic rings. The molecule has 0 spiro atoms. The van der Waals surface area contributed by atoms with Crippen LogP contribution in [-0.4, -0.2) is 113 Å². The summed E-state index contributed by atoms with van der Waals surface area (Å²) in [6.45, 7) is 4.11. The predicted octanol–water partition coefficient (Wildman–Crippen LogP) is 2.45. The van der Waals surface area contributed by atoms with Crippen molar-refractivity contribution in [1.29, 1.82) is 0 Å². The Labute approximate surface area is 296 Å². The molecule has 0 amide bonds. The zero-order valence-electron chi connectivity index (χ0n) is 25.9. The average molecular weight is 770 g/mol. The molecule has 22 heteroatoms. The summed E-state index contributed by atoms with van der Waals surface area (Å²) >= 11 is 12.2. The van der Waals surface area contributed by atoms with Gasteiger partial charge in [-0.3, -0.25) is 9.11 Å². The summed E-state index contributed by atoms with van der Waals surface area (Å²) in [5.74, 6) is -0.890. The monoisotopic (exact) mass is 768 g/mol. The summed E-state index contributed by atoms with van der Waals surface area (Å²) in [7, 11) is -11.0. The van der Waals surface area contributed by atoms with Crippen LogP contribution in [0.25, 0.3) is 6.08 Å². The van der Waals surface area contributed by atoms with Gasteiger partial charge in [0.2, 0.25) is 34.4 Å². The molecule has 3 aromatic rings. The minimum Gasteiger partial charge on any atom is -0.378 e. The highest BCUT2D eigenvalue weighted by molar-refractivity contribution is 8.05. The number of aromatic nitrogens is 6. The Kier molecular flexibility index (Phi) is 10.5. The first-order valence-corrected chi connectivity index (χ1v) is 18.6. The fourth-order valence-electron chi connectivity index (χ4n) is 5.36. The Morgan fingerprint density at radius 3 is 1.76 bits per heavy atom. The fraction of sp³-hybridized carbons (Fsp3) is 0.357. The van der Waals surface area contributed by atoms with Crippen LogP contribution in [0, 0.1) is 5.92 Å². The molecular formula is C28H30Cl2N10O8S2. The van der Waals surface area contributed by atoms with E-state index in [1.165, 1.54) is 24.3 Å². The molecule has 2 aromatic heterocycles. The molecule has 4 heterocycles. The molecule has 266 valence electrons. The minimum atomic E-state index is -5.52. The smallest absolute Gasteiger partial charge is 0.292 e. The summed E-state index contributed by atoms with van der Waals surface area (Å²) in [5.41, 5.74) is 0.939. The van der Waals surface area contributed by atoms with Gasteiger partial charge in [-0.05, 0) is 53.1 Å². The van der Waals surface area contributed by atoms with Gasteiger partial charge < -0.3 is 29.9 Å². The molecule has 0 radical (unpaired) electrons. The van der Waals surface area contributed by atoms with E-state index in [4.69, 9.17) is 32.7 Å². The molecule has 4 N–H and O–H groups in total. The van der Waals surface area contributed by atoms with Crippen LogP contribution in [0.1, 0.15) is 5.56 Å². The van der Waals surface area contributed by atoms with E-state index in [2.05, 4.69) is 40.5 Å². The van der Waals surface area contributed by atoms with Crippen molar-refractivity contribution in [1.82, 2.24) is 29.9 Å². The molecule has 2 fully saturated rings. The van der Waals surface area contributed by atoms with Crippen molar-refractivity contribution in [2.45, 2.75) is 4.08 Å². The van der Waals surface area contributed by atoms with Crippen molar-refractivity contribution in [3.63, 3.8) is 0 Å². The first-order valence-electron chi connectivity index (χ1n) is 15.0. The molecule has 50 heavy (non-hydrogen) atoms. The predicted molar refractivity (Wildman–Crippen MR) is 185 cm³/mol. The van der Waals surface area contributed by atoms with Gasteiger partial charge in [0.1, 0.15) is 0 Å². The molecule has 18 nitrogen and oxygen atoms in total. The van der Waals surface area contributed by atoms with Gasteiger partial charge in [0.05, 0.1) is 26.4 Å². The van der Waals surface area contributed by atoms with Crippen LogP contribution in [0.15, 0.2) is 54.3 Å². The quantitative estimate of drug-likeness (QED) is 0.217. The van der Waals surface area contributed by atoms with Crippen LogP contribution >= 0.6 is 23.2 Å². The summed E-state index contributed by atoms with van der Waals surface area (Å²) in [6.07, 6.45) is 5.89. The Balaban J connectivity index is 1.22. The Morgan fingerprint density at radius 2 is 1.26 bits per heavy atom. The van der Waals surface area contributed by atoms with E-state index >= 15 is 0 Å². The van der Waals surface area contributed by atoms with Gasteiger partial charge in [-0.1, -0.05) is 30.4 Å². The number of nitrogens with one attached hydrogen (secondary N) is 2. The maximum Gasteiger partial charge on any atom is 0.292 e. The SMILES string of the molecule is O=S(=O)(O)C1(S(=O)(=O)O)C=C(Nc2nc(Cl)nc(N3CCOCC3)n2)C=CC1C=Cc1ccc(Nc2nc(Cl)nc(N3CCOCC3)n2)cc1. The number of rotatable bonds is 10. The third kappa shape index (κ3) is 7.97. The second-order valence-electron chi connectivity index (χ2n) is 11.0. The maximum atomic E-state index is 12.8. The molecule has 2 aliphatic heterocycles. The average Bonchev–Trinajstić information content (AvgIpc) is 3.07. The number of ether oxygens (including phenoxy) is 2. The standard InChI is InChI=1S/C28H30Cl2N10O8S2/c29-22-33-24(37-26(35-22)39-9-13-47-14-10-39)31-20-6-2-18(3-7-20)1-4-19-5-8-21(17-28(19,49(41,42)43)50(44,45)46)32-25-34-23(30)36-27(38-25)40-11-15-48-16-12-40/h1-8,17,19H,9-16H2,(H,41,42,43)(H,44,45,46)(H,31,33,35,37)(H,32,34,36,38). The maximum absolute atomic E-state index is 12.8. The van der Waals surface area contributed by atoms with Crippen LogP contribution in [0.4, 0.5) is 29.5 Å². The van der Waals surface area contributed by atoms with Gasteiger partial charge in [0.15, 0.2) is 0 Å². The van der Waals surface area contributed by atoms with Crippen molar-refractivity contribution in [2.24, 2.45) is 5.92 Å². The lowest BCUT2D eigenvalue weighted by Gasteiger charge is -2.32. The second kappa shape index (κ2) is 14.7. The molecule has 0 saturated carbocycles. The molecule has 1 atom stereocenters. The third-order valence-electron chi connectivity index (χ3n) is 7.81. The lowest BCUT2D eigenvalue weighted by atomic mass is 9.96. The summed E-state index contributed by atoms with van der Waals surface area (Å²) in [6, 6.07) is 6.65. The van der Waals surface area contributed by atoms with Crippen LogP contribution in [-0.2, 0) is 29.7 Å². The molecule has 6 rings (SSSR count). The Hall–Kier alpha value is -4.02. The lowest BCUT2D eigenvalue weighted by molar-refractivity contribution is 0.122. The van der Waals surface area contributed by atoms with Gasteiger partial charge in [-0.15, -0.1) is 0 Å². The lowest BCUT2D eigenvalue weighted by Crippen LogP contribution is -2.50. The number of anilines is 5. The van der Waals surface area contributed by atoms with Gasteiger partial charge in [0.25, 0.3) is 24.3 Å². The number of halogens is 2. The van der Waals surface area contributed by atoms with E-state index in [-0.39, 0.29) is 34.1 Å². The molecule has 1 aromatic carbocycles. The molecule has 0 bridgehead atoms. The zero-order chi connectivity index (χ0) is 35.5. The van der Waals surface area contributed by atoms with E-state index < -0.39 is 30.2 Å². The Bertz CT molecular complexity index is 2010. The summed E-state index contributed by atoms with van der Waals surface area (Å²) in [4.78, 5) is 28.8.